The third-order valence-corrected chi connectivity index (χ3v) is 8.60. The molecule has 2 aromatic heterocycles. The van der Waals surface area contributed by atoms with Crippen LogP contribution in [0.15, 0.2) is 138 Å². The van der Waals surface area contributed by atoms with Crippen molar-refractivity contribution in [2.24, 2.45) is 0 Å². The highest BCUT2D eigenvalue weighted by molar-refractivity contribution is 6.28. The number of fused-ring (bicyclic) bond motifs is 7. The number of rotatable bonds is 3. The second-order valence-electron chi connectivity index (χ2n) is 11.0. The largest absolute Gasteiger partial charge is 0.455 e. The summed E-state index contributed by atoms with van der Waals surface area (Å²) in [6.45, 7) is 0. The molecule has 5 heteroatoms. The van der Waals surface area contributed by atoms with E-state index in [4.69, 9.17) is 21.0 Å². The van der Waals surface area contributed by atoms with Crippen molar-refractivity contribution in [2.45, 2.75) is 0 Å². The van der Waals surface area contributed by atoms with Crippen LogP contribution in [0.3, 0.4) is 0 Å². The highest BCUT2D eigenvalue weighted by Crippen LogP contribution is 2.39. The van der Waals surface area contributed by atoms with Crippen LogP contribution >= 0.6 is 11.6 Å². The van der Waals surface area contributed by atoms with Crippen LogP contribution in [0.1, 0.15) is 0 Å². The van der Waals surface area contributed by atoms with Gasteiger partial charge in [0.2, 0.25) is 5.28 Å². The van der Waals surface area contributed by atoms with Crippen LogP contribution in [0.2, 0.25) is 5.28 Å². The number of benzene rings is 7. The average Bonchev–Trinajstić information content (AvgIpc) is 3.46. The zero-order valence-electron chi connectivity index (χ0n) is 23.3. The normalized spacial score (nSPS) is 11.8. The van der Waals surface area contributed by atoms with Gasteiger partial charge in [0.15, 0.2) is 11.6 Å². The third kappa shape index (κ3) is 3.96. The minimum Gasteiger partial charge on any atom is -0.455 e. The highest BCUT2D eigenvalue weighted by Gasteiger charge is 2.18. The molecule has 0 saturated heterocycles. The van der Waals surface area contributed by atoms with Gasteiger partial charge in [-0.25, -0.2) is 4.98 Å². The molecule has 9 rings (SSSR count). The van der Waals surface area contributed by atoms with Gasteiger partial charge in [0.1, 0.15) is 11.2 Å². The highest BCUT2D eigenvalue weighted by atomic mass is 35.5. The molecule has 0 aliphatic rings. The first-order valence-electron chi connectivity index (χ1n) is 14.5. The SMILES string of the molecule is Clc1nc(-c2ccc3cc(-c4cccc5ccccc45)ccc3c2)nc(-c2cc3c4ccccc4oc3c3ccccc23)n1. The van der Waals surface area contributed by atoms with Gasteiger partial charge in [0.05, 0.1) is 0 Å². The summed E-state index contributed by atoms with van der Waals surface area (Å²) >= 11 is 6.57. The van der Waals surface area contributed by atoms with Crippen molar-refractivity contribution >= 4 is 65.9 Å². The van der Waals surface area contributed by atoms with E-state index in [1.165, 1.54) is 21.9 Å². The number of hydrogen-bond donors (Lipinski definition) is 0. The fourth-order valence-electron chi connectivity index (χ4n) is 6.36. The number of furan rings is 1. The van der Waals surface area contributed by atoms with Crippen LogP contribution in [0.25, 0.3) is 88.2 Å². The molecule has 0 amide bonds. The van der Waals surface area contributed by atoms with Crippen molar-refractivity contribution in [1.29, 1.82) is 0 Å². The van der Waals surface area contributed by atoms with E-state index < -0.39 is 0 Å². The molecule has 0 spiro atoms. The van der Waals surface area contributed by atoms with Gasteiger partial charge >= 0.3 is 0 Å². The van der Waals surface area contributed by atoms with Gasteiger partial charge in [-0.1, -0.05) is 109 Å². The van der Waals surface area contributed by atoms with E-state index in [0.29, 0.717) is 11.6 Å². The first-order valence-corrected chi connectivity index (χ1v) is 14.8. The summed E-state index contributed by atoms with van der Waals surface area (Å²) in [6.07, 6.45) is 0. The van der Waals surface area contributed by atoms with Crippen molar-refractivity contribution in [3.63, 3.8) is 0 Å². The van der Waals surface area contributed by atoms with E-state index in [1.807, 2.05) is 30.3 Å². The molecule has 0 unspecified atom stereocenters. The lowest BCUT2D eigenvalue weighted by molar-refractivity contribution is 0.672. The van der Waals surface area contributed by atoms with Crippen LogP contribution < -0.4 is 0 Å². The molecule has 0 radical (unpaired) electrons. The van der Waals surface area contributed by atoms with E-state index in [-0.39, 0.29) is 5.28 Å². The molecular weight excluding hydrogens is 562 g/mol. The molecule has 7 aromatic carbocycles. The Hall–Kier alpha value is -5.58. The number of halogens is 1. The summed E-state index contributed by atoms with van der Waals surface area (Å²) < 4.78 is 6.29. The Morgan fingerprint density at radius 1 is 0.432 bits per heavy atom. The molecular formula is C39H22ClN3O. The van der Waals surface area contributed by atoms with Gasteiger partial charge in [0, 0.05) is 27.3 Å². The molecule has 206 valence electrons. The van der Waals surface area contributed by atoms with Crippen LogP contribution in [0.5, 0.6) is 0 Å². The zero-order valence-corrected chi connectivity index (χ0v) is 24.1. The van der Waals surface area contributed by atoms with Crippen LogP contribution in [-0.4, -0.2) is 15.0 Å². The molecule has 44 heavy (non-hydrogen) atoms. The topological polar surface area (TPSA) is 51.8 Å². The molecule has 0 fully saturated rings. The smallest absolute Gasteiger partial charge is 0.226 e. The second-order valence-corrected chi connectivity index (χ2v) is 11.3. The summed E-state index contributed by atoms with van der Waals surface area (Å²) in [7, 11) is 0. The van der Waals surface area contributed by atoms with Gasteiger partial charge in [0.25, 0.3) is 0 Å². The maximum atomic E-state index is 6.57. The summed E-state index contributed by atoms with van der Waals surface area (Å²) in [6, 6.07) is 46.2. The zero-order chi connectivity index (χ0) is 29.2. The lowest BCUT2D eigenvalue weighted by atomic mass is 9.96. The van der Waals surface area contributed by atoms with Crippen molar-refractivity contribution < 1.29 is 4.42 Å². The molecule has 0 aliphatic carbocycles. The third-order valence-electron chi connectivity index (χ3n) is 8.43. The van der Waals surface area contributed by atoms with Gasteiger partial charge in [-0.2, -0.15) is 9.97 Å². The van der Waals surface area contributed by atoms with Gasteiger partial charge in [-0.05, 0) is 73.9 Å². The number of hydrogen-bond acceptors (Lipinski definition) is 4. The van der Waals surface area contributed by atoms with Gasteiger partial charge in [-0.3, -0.25) is 0 Å². The first-order chi connectivity index (χ1) is 21.7. The van der Waals surface area contributed by atoms with Crippen molar-refractivity contribution in [2.75, 3.05) is 0 Å². The quantitative estimate of drug-likeness (QED) is 0.207. The molecule has 0 aliphatic heterocycles. The number of aromatic nitrogens is 3. The Labute approximate surface area is 257 Å². The second kappa shape index (κ2) is 9.73. The van der Waals surface area contributed by atoms with E-state index in [2.05, 4.69) is 113 Å². The first kappa shape index (κ1) is 25.0. The predicted molar refractivity (Wildman–Crippen MR) is 181 cm³/mol. The van der Waals surface area contributed by atoms with Crippen molar-refractivity contribution in [3.8, 4) is 33.9 Å². The number of nitrogens with zero attached hydrogens (tertiary/aromatic N) is 3. The van der Waals surface area contributed by atoms with Crippen LogP contribution in [0.4, 0.5) is 0 Å². The molecule has 9 aromatic rings. The predicted octanol–water partition coefficient (Wildman–Crippen LogP) is 10.9. The maximum absolute atomic E-state index is 6.57. The molecule has 0 bridgehead atoms. The summed E-state index contributed by atoms with van der Waals surface area (Å²) in [4.78, 5) is 14.1. The maximum Gasteiger partial charge on any atom is 0.226 e. The van der Waals surface area contributed by atoms with E-state index in [1.54, 1.807) is 0 Å². The summed E-state index contributed by atoms with van der Waals surface area (Å²) in [5.74, 6) is 1.05. The molecule has 0 atom stereocenters. The minimum atomic E-state index is 0.151. The van der Waals surface area contributed by atoms with Gasteiger partial charge < -0.3 is 4.42 Å². The Bertz CT molecular complexity index is 2580. The Morgan fingerprint density at radius 2 is 1.09 bits per heavy atom. The summed E-state index contributed by atoms with van der Waals surface area (Å²) in [5.41, 5.74) is 5.85. The Balaban J connectivity index is 1.18. The fraction of sp³-hybridized carbons (Fsp3) is 0. The van der Waals surface area contributed by atoms with Crippen LogP contribution in [0, 0.1) is 0 Å². The Morgan fingerprint density at radius 3 is 1.95 bits per heavy atom. The molecule has 2 heterocycles. The monoisotopic (exact) mass is 583 g/mol. The number of para-hydroxylation sites is 1. The fourth-order valence-corrected chi connectivity index (χ4v) is 6.52. The van der Waals surface area contributed by atoms with Gasteiger partial charge in [-0.15, -0.1) is 0 Å². The molecule has 0 saturated carbocycles. The lowest BCUT2D eigenvalue weighted by Crippen LogP contribution is -1.98. The average molecular weight is 584 g/mol. The Kier molecular flexibility index (Phi) is 5.52. The summed E-state index contributed by atoms with van der Waals surface area (Å²) in [5, 5.41) is 8.92. The van der Waals surface area contributed by atoms with Crippen molar-refractivity contribution in [3.05, 3.63) is 139 Å². The molecule has 0 N–H and O–H groups in total. The molecule has 4 nitrogen and oxygen atoms in total. The van der Waals surface area contributed by atoms with E-state index >= 15 is 0 Å². The van der Waals surface area contributed by atoms with E-state index in [0.717, 1.165) is 54.6 Å². The minimum absolute atomic E-state index is 0.151. The lowest BCUT2D eigenvalue weighted by Gasteiger charge is -2.10. The van der Waals surface area contributed by atoms with E-state index in [9.17, 15) is 0 Å². The standard InChI is InChI=1S/C39H22ClN3O/c40-39-42-37(27-19-17-24-20-26(18-16-25(24)21-27)29-14-7-9-23-8-1-2-10-28(23)29)41-38(43-39)34-22-33-31-12-5-6-15-35(31)44-36(33)32-13-4-3-11-30(32)34/h1-22H. The van der Waals surface area contributed by atoms with Crippen LogP contribution in [-0.2, 0) is 0 Å². The van der Waals surface area contributed by atoms with Crippen molar-refractivity contribution in [1.82, 2.24) is 15.0 Å².